The van der Waals surface area contributed by atoms with Crippen molar-refractivity contribution in [3.05, 3.63) is 36.4 Å². The lowest BCUT2D eigenvalue weighted by molar-refractivity contribution is -0.0498. The zero-order valence-corrected chi connectivity index (χ0v) is 9.76. The minimum absolute atomic E-state index is 0.0366. The van der Waals surface area contributed by atoms with E-state index in [9.17, 15) is 8.78 Å². The molecule has 3 heteroatoms. The van der Waals surface area contributed by atoms with Crippen LogP contribution in [-0.4, -0.2) is 6.61 Å². The summed E-state index contributed by atoms with van der Waals surface area (Å²) in [4.78, 5) is 0. The van der Waals surface area contributed by atoms with Gasteiger partial charge in [0.1, 0.15) is 5.75 Å². The SMILES string of the molecule is C=C(c1ccc(OC(F)F)cc1)C(C)(C)C. The number of allylic oxidation sites excluding steroid dienone is 1. The summed E-state index contributed by atoms with van der Waals surface area (Å²) in [5, 5.41) is 0. The zero-order chi connectivity index (χ0) is 12.3. The van der Waals surface area contributed by atoms with Crippen LogP contribution in [0.25, 0.3) is 5.57 Å². The van der Waals surface area contributed by atoms with Crippen molar-refractivity contribution >= 4 is 5.57 Å². The Bertz CT molecular complexity index is 361. The summed E-state index contributed by atoms with van der Waals surface area (Å²) in [6.45, 7) is 7.38. The Labute approximate surface area is 94.7 Å². The highest BCUT2D eigenvalue weighted by Gasteiger charge is 2.16. The number of rotatable bonds is 3. The van der Waals surface area contributed by atoms with Crippen molar-refractivity contribution in [2.45, 2.75) is 27.4 Å². The van der Waals surface area contributed by atoms with E-state index in [4.69, 9.17) is 0 Å². The van der Waals surface area contributed by atoms with Crippen LogP contribution in [-0.2, 0) is 0 Å². The lowest BCUT2D eigenvalue weighted by atomic mass is 9.83. The second-order valence-electron chi connectivity index (χ2n) is 4.63. The maximum Gasteiger partial charge on any atom is 0.387 e. The predicted molar refractivity (Wildman–Crippen MR) is 61.6 cm³/mol. The third-order valence-corrected chi connectivity index (χ3v) is 2.33. The number of alkyl halides is 2. The summed E-state index contributed by atoms with van der Waals surface area (Å²) in [7, 11) is 0. The van der Waals surface area contributed by atoms with Crippen LogP contribution in [0.2, 0.25) is 0 Å². The Morgan fingerprint density at radius 2 is 1.69 bits per heavy atom. The van der Waals surface area contributed by atoms with E-state index >= 15 is 0 Å². The Balaban J connectivity index is 2.83. The molecule has 1 nitrogen and oxygen atoms in total. The van der Waals surface area contributed by atoms with Gasteiger partial charge in [-0.1, -0.05) is 39.5 Å². The number of hydrogen-bond donors (Lipinski definition) is 0. The van der Waals surface area contributed by atoms with Crippen molar-refractivity contribution in [3.8, 4) is 5.75 Å². The fourth-order valence-electron chi connectivity index (χ4n) is 1.27. The first-order valence-corrected chi connectivity index (χ1v) is 5.05. The number of halogens is 2. The van der Waals surface area contributed by atoms with Gasteiger partial charge in [-0.15, -0.1) is 0 Å². The molecule has 16 heavy (non-hydrogen) atoms. The Morgan fingerprint density at radius 3 is 2.06 bits per heavy atom. The van der Waals surface area contributed by atoms with Crippen molar-refractivity contribution in [1.82, 2.24) is 0 Å². The quantitative estimate of drug-likeness (QED) is 0.744. The summed E-state index contributed by atoms with van der Waals surface area (Å²) in [5.74, 6) is 0.167. The van der Waals surface area contributed by atoms with Gasteiger partial charge in [-0.25, -0.2) is 0 Å². The fourth-order valence-corrected chi connectivity index (χ4v) is 1.27. The van der Waals surface area contributed by atoms with Crippen LogP contribution in [0.1, 0.15) is 26.3 Å². The van der Waals surface area contributed by atoms with Gasteiger partial charge in [0.15, 0.2) is 0 Å². The average Bonchev–Trinajstić information content (AvgIpc) is 2.15. The van der Waals surface area contributed by atoms with Gasteiger partial charge in [-0.3, -0.25) is 0 Å². The normalized spacial score (nSPS) is 11.6. The first-order chi connectivity index (χ1) is 7.30. The number of hydrogen-bond acceptors (Lipinski definition) is 1. The number of benzene rings is 1. The van der Waals surface area contributed by atoms with Crippen LogP contribution >= 0.6 is 0 Å². The molecule has 0 spiro atoms. The van der Waals surface area contributed by atoms with E-state index < -0.39 is 6.61 Å². The average molecular weight is 226 g/mol. The zero-order valence-electron chi connectivity index (χ0n) is 9.76. The van der Waals surface area contributed by atoms with Crippen LogP contribution in [0.15, 0.2) is 30.8 Å². The molecule has 0 saturated heterocycles. The third-order valence-electron chi connectivity index (χ3n) is 2.33. The third kappa shape index (κ3) is 3.33. The van der Waals surface area contributed by atoms with Gasteiger partial charge in [0, 0.05) is 0 Å². The largest absolute Gasteiger partial charge is 0.435 e. The van der Waals surface area contributed by atoms with E-state index in [1.54, 1.807) is 12.1 Å². The minimum atomic E-state index is -2.78. The molecule has 0 aromatic heterocycles. The summed E-state index contributed by atoms with van der Waals surface area (Å²) in [5.41, 5.74) is 1.87. The molecule has 0 fully saturated rings. The second-order valence-corrected chi connectivity index (χ2v) is 4.63. The molecule has 0 aliphatic carbocycles. The van der Waals surface area contributed by atoms with Gasteiger partial charge >= 0.3 is 6.61 Å². The van der Waals surface area contributed by atoms with Crippen molar-refractivity contribution in [2.24, 2.45) is 5.41 Å². The predicted octanol–water partition coefficient (Wildman–Crippen LogP) is 4.35. The highest BCUT2D eigenvalue weighted by atomic mass is 19.3. The van der Waals surface area contributed by atoms with Gasteiger partial charge in [0.2, 0.25) is 0 Å². The molecule has 1 rings (SSSR count). The van der Waals surface area contributed by atoms with E-state index in [2.05, 4.69) is 32.1 Å². The molecule has 0 bridgehead atoms. The lowest BCUT2D eigenvalue weighted by Crippen LogP contribution is -2.07. The molecular weight excluding hydrogens is 210 g/mol. The first-order valence-electron chi connectivity index (χ1n) is 5.05. The molecule has 1 aromatic carbocycles. The molecule has 0 saturated carbocycles. The topological polar surface area (TPSA) is 9.23 Å². The van der Waals surface area contributed by atoms with Crippen LogP contribution in [0.5, 0.6) is 5.75 Å². The highest BCUT2D eigenvalue weighted by molar-refractivity contribution is 5.67. The molecule has 0 radical (unpaired) electrons. The van der Waals surface area contributed by atoms with Crippen LogP contribution in [0, 0.1) is 5.41 Å². The molecule has 0 aliphatic heterocycles. The van der Waals surface area contributed by atoms with Gasteiger partial charge < -0.3 is 4.74 Å². The Kier molecular flexibility index (Phi) is 3.68. The fraction of sp³-hybridized carbons (Fsp3) is 0.385. The molecule has 0 aliphatic rings. The maximum atomic E-state index is 11.9. The van der Waals surface area contributed by atoms with Crippen molar-refractivity contribution in [2.75, 3.05) is 0 Å². The maximum absolute atomic E-state index is 11.9. The van der Waals surface area contributed by atoms with E-state index in [0.717, 1.165) is 11.1 Å². The van der Waals surface area contributed by atoms with E-state index in [0.29, 0.717) is 0 Å². The highest BCUT2D eigenvalue weighted by Crippen LogP contribution is 2.32. The van der Waals surface area contributed by atoms with Crippen molar-refractivity contribution in [3.63, 3.8) is 0 Å². The Hall–Kier alpha value is -1.38. The minimum Gasteiger partial charge on any atom is -0.435 e. The molecule has 0 amide bonds. The molecule has 0 unspecified atom stereocenters. The van der Waals surface area contributed by atoms with Crippen molar-refractivity contribution < 1.29 is 13.5 Å². The van der Waals surface area contributed by atoms with Gasteiger partial charge in [-0.05, 0) is 28.7 Å². The summed E-state index contributed by atoms with van der Waals surface area (Å²) >= 11 is 0. The van der Waals surface area contributed by atoms with Crippen LogP contribution in [0.3, 0.4) is 0 Å². The van der Waals surface area contributed by atoms with Crippen molar-refractivity contribution in [1.29, 1.82) is 0 Å². The van der Waals surface area contributed by atoms with Crippen LogP contribution < -0.4 is 4.74 Å². The molecule has 0 atom stereocenters. The van der Waals surface area contributed by atoms with Gasteiger partial charge in [0.05, 0.1) is 0 Å². The monoisotopic (exact) mass is 226 g/mol. The van der Waals surface area contributed by atoms with Gasteiger partial charge in [-0.2, -0.15) is 8.78 Å². The molecular formula is C13H16F2O. The second kappa shape index (κ2) is 4.64. The molecule has 88 valence electrons. The van der Waals surface area contributed by atoms with E-state index in [1.807, 2.05) is 0 Å². The number of ether oxygens (including phenoxy) is 1. The molecule has 0 heterocycles. The molecule has 0 N–H and O–H groups in total. The smallest absolute Gasteiger partial charge is 0.387 e. The van der Waals surface area contributed by atoms with Crippen LogP contribution in [0.4, 0.5) is 8.78 Å². The summed E-state index contributed by atoms with van der Waals surface area (Å²) in [6.07, 6.45) is 0. The Morgan fingerprint density at radius 1 is 1.19 bits per heavy atom. The van der Waals surface area contributed by atoms with E-state index in [1.165, 1.54) is 12.1 Å². The standard InChI is InChI=1S/C13H16F2O/c1-9(13(2,3)4)10-5-7-11(8-6-10)16-12(14)15/h5-8,12H,1H2,2-4H3. The van der Waals surface area contributed by atoms with E-state index in [-0.39, 0.29) is 11.2 Å². The molecule has 1 aromatic rings. The first kappa shape index (κ1) is 12.7. The summed E-state index contributed by atoms with van der Waals surface area (Å²) < 4.78 is 28.1. The lowest BCUT2D eigenvalue weighted by Gasteiger charge is -2.22. The summed E-state index contributed by atoms with van der Waals surface area (Å²) in [6, 6.07) is 6.54. The van der Waals surface area contributed by atoms with Gasteiger partial charge in [0.25, 0.3) is 0 Å².